The molecule has 2 heterocycles. The zero-order chi connectivity index (χ0) is 13.9. The van der Waals surface area contributed by atoms with Crippen LogP contribution in [0.1, 0.15) is 31.5 Å². The minimum atomic E-state index is 0.251. The molecule has 0 amide bonds. The van der Waals surface area contributed by atoms with E-state index in [9.17, 15) is 0 Å². The number of rotatable bonds is 6. The zero-order valence-electron chi connectivity index (χ0n) is 11.9. The van der Waals surface area contributed by atoms with Gasteiger partial charge in [-0.3, -0.25) is 4.68 Å². The van der Waals surface area contributed by atoms with Crippen molar-refractivity contribution < 1.29 is 0 Å². The highest BCUT2D eigenvalue weighted by Crippen LogP contribution is 2.38. The van der Waals surface area contributed by atoms with Gasteiger partial charge in [-0.15, -0.1) is 0 Å². The first-order valence-electron chi connectivity index (χ1n) is 7.05. The number of anilines is 2. The van der Waals surface area contributed by atoms with Crippen LogP contribution in [0.3, 0.4) is 0 Å². The number of hydrogen-bond acceptors (Lipinski definition) is 5. The van der Waals surface area contributed by atoms with Crippen LogP contribution in [-0.4, -0.2) is 32.8 Å². The molecule has 106 valence electrons. The highest BCUT2D eigenvalue weighted by Gasteiger charge is 2.27. The topological polar surface area (TPSA) is 67.7 Å². The normalized spacial score (nSPS) is 15.9. The summed E-state index contributed by atoms with van der Waals surface area (Å²) in [6, 6.07) is 4.13. The molecule has 2 aromatic heterocycles. The molecular formula is C14H20N6. The molecule has 0 bridgehead atoms. The lowest BCUT2D eigenvalue weighted by Crippen LogP contribution is -2.23. The van der Waals surface area contributed by atoms with Crippen LogP contribution in [0.5, 0.6) is 0 Å². The van der Waals surface area contributed by atoms with Crippen molar-refractivity contribution in [3.8, 4) is 0 Å². The van der Waals surface area contributed by atoms with Crippen molar-refractivity contribution in [3.05, 3.63) is 30.4 Å². The maximum atomic E-state index is 4.62. The maximum Gasteiger partial charge on any atom is 0.136 e. The van der Waals surface area contributed by atoms with Gasteiger partial charge in [0.25, 0.3) is 0 Å². The van der Waals surface area contributed by atoms with E-state index in [4.69, 9.17) is 0 Å². The molecule has 0 aliphatic heterocycles. The van der Waals surface area contributed by atoms with Crippen molar-refractivity contribution in [2.24, 2.45) is 0 Å². The Bertz CT molecular complexity index is 561. The quantitative estimate of drug-likeness (QED) is 0.843. The van der Waals surface area contributed by atoms with Crippen LogP contribution < -0.4 is 10.6 Å². The summed E-state index contributed by atoms with van der Waals surface area (Å²) < 4.78 is 1.92. The second-order valence-corrected chi connectivity index (χ2v) is 5.29. The van der Waals surface area contributed by atoms with Gasteiger partial charge in [-0.05, 0) is 25.8 Å². The van der Waals surface area contributed by atoms with Crippen LogP contribution in [0.25, 0.3) is 0 Å². The van der Waals surface area contributed by atoms with Gasteiger partial charge in [0.15, 0.2) is 0 Å². The van der Waals surface area contributed by atoms with Crippen LogP contribution in [0.4, 0.5) is 11.6 Å². The minimum absolute atomic E-state index is 0.251. The molecule has 2 N–H and O–H groups in total. The standard InChI is InChI=1S/C14H20N6/c1-10(9-20-7-3-6-16-20)17-13-8-12(15-2)18-14(19-13)11-4-5-11/h3,6-8,10-11H,4-5,9H2,1-2H3,(H2,15,17,18,19). The molecule has 0 saturated heterocycles. The van der Waals surface area contributed by atoms with Crippen LogP contribution in [0.15, 0.2) is 24.5 Å². The molecular weight excluding hydrogens is 252 g/mol. The number of hydrogen-bond donors (Lipinski definition) is 2. The summed E-state index contributed by atoms with van der Waals surface area (Å²) in [4.78, 5) is 9.14. The van der Waals surface area contributed by atoms with Crippen molar-refractivity contribution in [2.75, 3.05) is 17.7 Å². The summed E-state index contributed by atoms with van der Waals surface area (Å²) in [5.41, 5.74) is 0. The Balaban J connectivity index is 1.70. The van der Waals surface area contributed by atoms with Gasteiger partial charge in [0, 0.05) is 37.5 Å². The molecule has 6 heteroatoms. The lowest BCUT2D eigenvalue weighted by Gasteiger charge is -2.16. The molecule has 0 spiro atoms. The van der Waals surface area contributed by atoms with Crippen molar-refractivity contribution in [1.29, 1.82) is 0 Å². The second kappa shape index (κ2) is 5.48. The fourth-order valence-electron chi connectivity index (χ4n) is 2.18. The van der Waals surface area contributed by atoms with Crippen LogP contribution in [0, 0.1) is 0 Å². The van der Waals surface area contributed by atoms with E-state index < -0.39 is 0 Å². The third kappa shape index (κ3) is 3.07. The predicted octanol–water partition coefficient (Wildman–Crippen LogP) is 2.09. The van der Waals surface area contributed by atoms with Crippen molar-refractivity contribution in [3.63, 3.8) is 0 Å². The van der Waals surface area contributed by atoms with Gasteiger partial charge in [0.05, 0.1) is 6.54 Å². The summed E-state index contributed by atoms with van der Waals surface area (Å²) >= 11 is 0. The van der Waals surface area contributed by atoms with Crippen molar-refractivity contribution in [1.82, 2.24) is 19.7 Å². The lowest BCUT2D eigenvalue weighted by atomic mass is 10.3. The molecule has 1 saturated carbocycles. The lowest BCUT2D eigenvalue weighted by molar-refractivity contribution is 0.559. The molecule has 1 unspecified atom stereocenters. The highest BCUT2D eigenvalue weighted by molar-refractivity contribution is 5.48. The first-order chi connectivity index (χ1) is 9.74. The number of aromatic nitrogens is 4. The molecule has 6 nitrogen and oxygen atoms in total. The number of nitrogens with one attached hydrogen (secondary N) is 2. The van der Waals surface area contributed by atoms with Crippen molar-refractivity contribution in [2.45, 2.75) is 38.3 Å². The van der Waals surface area contributed by atoms with Gasteiger partial charge in [-0.25, -0.2) is 9.97 Å². The van der Waals surface area contributed by atoms with E-state index in [1.165, 1.54) is 12.8 Å². The molecule has 2 aromatic rings. The smallest absolute Gasteiger partial charge is 0.136 e. The third-order valence-corrected chi connectivity index (χ3v) is 3.36. The molecule has 1 aliphatic carbocycles. The van der Waals surface area contributed by atoms with Gasteiger partial charge in [0.2, 0.25) is 0 Å². The molecule has 20 heavy (non-hydrogen) atoms. The second-order valence-electron chi connectivity index (χ2n) is 5.29. The first kappa shape index (κ1) is 12.9. The molecule has 1 aliphatic rings. The Hall–Kier alpha value is -2.11. The van der Waals surface area contributed by atoms with E-state index >= 15 is 0 Å². The minimum Gasteiger partial charge on any atom is -0.373 e. The summed E-state index contributed by atoms with van der Waals surface area (Å²) in [7, 11) is 1.88. The Labute approximate surface area is 118 Å². The Morgan fingerprint density at radius 1 is 1.35 bits per heavy atom. The fourth-order valence-corrected chi connectivity index (χ4v) is 2.18. The SMILES string of the molecule is CNc1cc(NC(C)Cn2cccn2)nc(C2CC2)n1. The predicted molar refractivity (Wildman–Crippen MR) is 78.9 cm³/mol. The zero-order valence-corrected chi connectivity index (χ0v) is 11.9. The molecule has 1 fully saturated rings. The van der Waals surface area contributed by atoms with E-state index in [-0.39, 0.29) is 6.04 Å². The largest absolute Gasteiger partial charge is 0.373 e. The maximum absolute atomic E-state index is 4.62. The van der Waals surface area contributed by atoms with Gasteiger partial charge < -0.3 is 10.6 Å². The van der Waals surface area contributed by atoms with Gasteiger partial charge in [0.1, 0.15) is 17.5 Å². The number of nitrogens with zero attached hydrogens (tertiary/aromatic N) is 4. The monoisotopic (exact) mass is 272 g/mol. The van der Waals surface area contributed by atoms with Gasteiger partial charge in [-0.2, -0.15) is 5.10 Å². The van der Waals surface area contributed by atoms with E-state index in [2.05, 4.69) is 32.6 Å². The average molecular weight is 272 g/mol. The Kier molecular flexibility index (Phi) is 3.54. The van der Waals surface area contributed by atoms with Crippen molar-refractivity contribution >= 4 is 11.6 Å². The summed E-state index contributed by atoms with van der Waals surface area (Å²) in [5, 5.41) is 10.7. The first-order valence-corrected chi connectivity index (χ1v) is 7.05. The van der Waals surface area contributed by atoms with Crippen LogP contribution in [0.2, 0.25) is 0 Å². The van der Waals surface area contributed by atoms with Crippen LogP contribution in [-0.2, 0) is 6.54 Å². The van der Waals surface area contributed by atoms with E-state index in [1.54, 1.807) is 6.20 Å². The van der Waals surface area contributed by atoms with Gasteiger partial charge >= 0.3 is 0 Å². The summed E-state index contributed by atoms with van der Waals surface area (Å²) in [5.74, 6) is 3.25. The third-order valence-electron chi connectivity index (χ3n) is 3.36. The molecule has 0 aromatic carbocycles. The van der Waals surface area contributed by atoms with E-state index in [0.717, 1.165) is 24.0 Å². The average Bonchev–Trinajstić information content (AvgIpc) is 3.17. The molecule has 1 atom stereocenters. The summed E-state index contributed by atoms with van der Waals surface area (Å²) in [6.45, 7) is 2.93. The summed E-state index contributed by atoms with van der Waals surface area (Å²) in [6.07, 6.45) is 6.17. The Morgan fingerprint density at radius 3 is 2.80 bits per heavy atom. The van der Waals surface area contributed by atoms with Gasteiger partial charge in [-0.1, -0.05) is 0 Å². The van der Waals surface area contributed by atoms with E-state index in [0.29, 0.717) is 5.92 Å². The van der Waals surface area contributed by atoms with E-state index in [1.807, 2.05) is 30.1 Å². The molecule has 3 rings (SSSR count). The fraction of sp³-hybridized carbons (Fsp3) is 0.500. The highest BCUT2D eigenvalue weighted by atomic mass is 15.3. The molecule has 0 radical (unpaired) electrons. The van der Waals surface area contributed by atoms with Crippen LogP contribution >= 0.6 is 0 Å². The Morgan fingerprint density at radius 2 is 2.15 bits per heavy atom.